The molecular weight excluding hydrogens is 254 g/mol. The molecule has 19 heavy (non-hydrogen) atoms. The SMILES string of the molecule is CCCSCC(NCC)c1ccc(OC2CC2)cc1. The molecule has 2 nitrogen and oxygen atoms in total. The largest absolute Gasteiger partial charge is 0.490 e. The van der Waals surface area contributed by atoms with Crippen LogP contribution in [0.15, 0.2) is 24.3 Å². The second-order valence-corrected chi connectivity index (χ2v) is 6.22. The van der Waals surface area contributed by atoms with E-state index in [1.165, 1.54) is 30.6 Å². The molecule has 1 saturated carbocycles. The highest BCUT2D eigenvalue weighted by Crippen LogP contribution is 2.28. The molecule has 1 aromatic rings. The van der Waals surface area contributed by atoms with Gasteiger partial charge in [-0.2, -0.15) is 11.8 Å². The van der Waals surface area contributed by atoms with Crippen molar-refractivity contribution in [1.29, 1.82) is 0 Å². The van der Waals surface area contributed by atoms with Gasteiger partial charge in [0.2, 0.25) is 0 Å². The van der Waals surface area contributed by atoms with Gasteiger partial charge in [0.15, 0.2) is 0 Å². The Bertz CT molecular complexity index is 362. The van der Waals surface area contributed by atoms with Crippen LogP contribution in [0, 0.1) is 0 Å². The Hall–Kier alpha value is -0.670. The molecule has 2 rings (SSSR count). The lowest BCUT2D eigenvalue weighted by molar-refractivity contribution is 0.303. The molecule has 1 aliphatic rings. The van der Waals surface area contributed by atoms with E-state index in [0.717, 1.165) is 18.0 Å². The maximum atomic E-state index is 5.79. The van der Waals surface area contributed by atoms with Gasteiger partial charge in [0.1, 0.15) is 5.75 Å². The quantitative estimate of drug-likeness (QED) is 0.690. The van der Waals surface area contributed by atoms with Crippen molar-refractivity contribution in [3.63, 3.8) is 0 Å². The summed E-state index contributed by atoms with van der Waals surface area (Å²) < 4.78 is 5.79. The van der Waals surface area contributed by atoms with Crippen molar-refractivity contribution in [2.24, 2.45) is 0 Å². The topological polar surface area (TPSA) is 21.3 Å². The van der Waals surface area contributed by atoms with Gasteiger partial charge >= 0.3 is 0 Å². The van der Waals surface area contributed by atoms with E-state index >= 15 is 0 Å². The maximum absolute atomic E-state index is 5.79. The van der Waals surface area contributed by atoms with Gasteiger partial charge in [-0.1, -0.05) is 26.0 Å². The summed E-state index contributed by atoms with van der Waals surface area (Å²) in [4.78, 5) is 0. The second kappa shape index (κ2) is 7.81. The first-order valence-electron chi connectivity index (χ1n) is 7.41. The Morgan fingerprint density at radius 2 is 2.00 bits per heavy atom. The van der Waals surface area contributed by atoms with E-state index in [-0.39, 0.29) is 0 Å². The monoisotopic (exact) mass is 279 g/mol. The van der Waals surface area contributed by atoms with Gasteiger partial charge < -0.3 is 10.1 Å². The van der Waals surface area contributed by atoms with Gasteiger partial charge in [-0.15, -0.1) is 0 Å². The molecule has 1 aromatic carbocycles. The number of thioether (sulfide) groups is 1. The van der Waals surface area contributed by atoms with Crippen molar-refractivity contribution < 1.29 is 4.74 Å². The van der Waals surface area contributed by atoms with Gasteiger partial charge in [-0.25, -0.2) is 0 Å². The van der Waals surface area contributed by atoms with Gasteiger partial charge in [-0.3, -0.25) is 0 Å². The summed E-state index contributed by atoms with van der Waals surface area (Å²) in [5.74, 6) is 3.40. The zero-order valence-electron chi connectivity index (χ0n) is 12.0. The van der Waals surface area contributed by atoms with Crippen LogP contribution in [0.1, 0.15) is 44.7 Å². The summed E-state index contributed by atoms with van der Waals surface area (Å²) in [6, 6.07) is 9.09. The fraction of sp³-hybridized carbons (Fsp3) is 0.625. The lowest BCUT2D eigenvalue weighted by Gasteiger charge is -2.18. The van der Waals surface area contributed by atoms with Crippen molar-refractivity contribution in [3.05, 3.63) is 29.8 Å². The maximum Gasteiger partial charge on any atom is 0.119 e. The van der Waals surface area contributed by atoms with E-state index in [1.807, 2.05) is 11.8 Å². The van der Waals surface area contributed by atoms with Crippen LogP contribution in [0.5, 0.6) is 5.75 Å². The number of hydrogen-bond donors (Lipinski definition) is 1. The predicted octanol–water partition coefficient (Wildman–Crippen LogP) is 4.02. The van der Waals surface area contributed by atoms with Crippen LogP contribution < -0.4 is 10.1 Å². The van der Waals surface area contributed by atoms with E-state index in [1.54, 1.807) is 0 Å². The number of rotatable bonds is 9. The van der Waals surface area contributed by atoms with Crippen molar-refractivity contribution in [2.45, 2.75) is 45.3 Å². The lowest BCUT2D eigenvalue weighted by atomic mass is 10.1. The molecule has 1 atom stereocenters. The van der Waals surface area contributed by atoms with E-state index in [0.29, 0.717) is 12.1 Å². The molecule has 1 fully saturated rings. The van der Waals surface area contributed by atoms with Crippen molar-refractivity contribution in [1.82, 2.24) is 5.32 Å². The average Bonchev–Trinajstić information content (AvgIpc) is 3.23. The normalized spacial score (nSPS) is 16.3. The minimum absolute atomic E-state index is 0.455. The Kier molecular flexibility index (Phi) is 6.05. The van der Waals surface area contributed by atoms with Gasteiger partial charge in [0.05, 0.1) is 6.10 Å². The first-order chi connectivity index (χ1) is 9.33. The lowest BCUT2D eigenvalue weighted by Crippen LogP contribution is -2.23. The molecule has 0 heterocycles. The first kappa shape index (κ1) is 14.7. The molecule has 1 unspecified atom stereocenters. The minimum atomic E-state index is 0.455. The highest BCUT2D eigenvalue weighted by atomic mass is 32.2. The third-order valence-corrected chi connectivity index (χ3v) is 4.46. The summed E-state index contributed by atoms with van der Waals surface area (Å²) in [7, 11) is 0. The van der Waals surface area contributed by atoms with Crippen LogP contribution in [0.3, 0.4) is 0 Å². The Balaban J connectivity index is 1.90. The molecule has 0 spiro atoms. The molecule has 3 heteroatoms. The Labute approximate surface area is 121 Å². The Morgan fingerprint density at radius 3 is 2.58 bits per heavy atom. The summed E-state index contributed by atoms with van der Waals surface area (Å²) in [5.41, 5.74) is 1.37. The van der Waals surface area contributed by atoms with Crippen LogP contribution in [0.25, 0.3) is 0 Å². The standard InChI is InChI=1S/C16H25NOS/c1-3-11-19-12-16(17-4-2)13-5-7-14(8-6-13)18-15-9-10-15/h5-8,15-17H,3-4,9-12H2,1-2H3. The van der Waals surface area contributed by atoms with Crippen LogP contribution in [-0.4, -0.2) is 24.2 Å². The molecular formula is C16H25NOS. The van der Waals surface area contributed by atoms with Crippen LogP contribution in [0.2, 0.25) is 0 Å². The van der Waals surface area contributed by atoms with Gasteiger partial charge in [0, 0.05) is 11.8 Å². The van der Waals surface area contributed by atoms with Crippen molar-refractivity contribution in [2.75, 3.05) is 18.1 Å². The third kappa shape index (κ3) is 5.07. The fourth-order valence-corrected chi connectivity index (χ4v) is 3.02. The highest BCUT2D eigenvalue weighted by Gasteiger charge is 2.23. The minimum Gasteiger partial charge on any atom is -0.490 e. The number of hydrogen-bond acceptors (Lipinski definition) is 3. The summed E-state index contributed by atoms with van der Waals surface area (Å²) in [5, 5.41) is 3.57. The van der Waals surface area contributed by atoms with Crippen LogP contribution in [-0.2, 0) is 0 Å². The molecule has 1 aliphatic carbocycles. The smallest absolute Gasteiger partial charge is 0.119 e. The predicted molar refractivity (Wildman–Crippen MR) is 84.1 cm³/mol. The summed E-state index contributed by atoms with van der Waals surface area (Å²) in [6.07, 6.45) is 4.17. The van der Waals surface area contributed by atoms with Gasteiger partial charge in [0.25, 0.3) is 0 Å². The number of ether oxygens (including phenoxy) is 1. The third-order valence-electron chi connectivity index (χ3n) is 3.19. The first-order valence-corrected chi connectivity index (χ1v) is 8.56. The summed E-state index contributed by atoms with van der Waals surface area (Å²) >= 11 is 2.03. The fourth-order valence-electron chi connectivity index (χ4n) is 2.02. The molecule has 0 bridgehead atoms. The number of nitrogens with one attached hydrogen (secondary N) is 1. The number of benzene rings is 1. The average molecular weight is 279 g/mol. The second-order valence-electron chi connectivity index (χ2n) is 5.07. The van der Waals surface area contributed by atoms with Crippen molar-refractivity contribution in [3.8, 4) is 5.75 Å². The molecule has 0 amide bonds. The molecule has 0 aromatic heterocycles. The molecule has 1 N–H and O–H groups in total. The van der Waals surface area contributed by atoms with Gasteiger partial charge in [-0.05, 0) is 49.3 Å². The van der Waals surface area contributed by atoms with Crippen molar-refractivity contribution >= 4 is 11.8 Å². The molecule has 106 valence electrons. The summed E-state index contributed by atoms with van der Waals surface area (Å²) in [6.45, 7) is 5.42. The molecule has 0 aliphatic heterocycles. The zero-order valence-corrected chi connectivity index (χ0v) is 12.8. The molecule has 0 radical (unpaired) electrons. The van der Waals surface area contributed by atoms with E-state index < -0.39 is 0 Å². The van der Waals surface area contributed by atoms with E-state index in [2.05, 4.69) is 43.4 Å². The zero-order chi connectivity index (χ0) is 13.5. The van der Waals surface area contributed by atoms with Crippen LogP contribution >= 0.6 is 11.8 Å². The van der Waals surface area contributed by atoms with E-state index in [9.17, 15) is 0 Å². The molecule has 0 saturated heterocycles. The highest BCUT2D eigenvalue weighted by molar-refractivity contribution is 7.99. The van der Waals surface area contributed by atoms with E-state index in [4.69, 9.17) is 4.74 Å². The van der Waals surface area contributed by atoms with Crippen LogP contribution in [0.4, 0.5) is 0 Å². The Morgan fingerprint density at radius 1 is 1.26 bits per heavy atom.